The number of aromatic nitrogens is 2. The number of anilines is 1. The second-order valence-corrected chi connectivity index (χ2v) is 9.27. The van der Waals surface area contributed by atoms with Crippen LogP contribution in [0.25, 0.3) is 22.4 Å². The van der Waals surface area contributed by atoms with Gasteiger partial charge in [0, 0.05) is 11.9 Å². The van der Waals surface area contributed by atoms with Crippen molar-refractivity contribution >= 4 is 32.4 Å². The Morgan fingerprint density at radius 3 is 2.66 bits per heavy atom. The third kappa shape index (κ3) is 3.32. The molecule has 3 heterocycles. The predicted molar refractivity (Wildman–Crippen MR) is 116 cm³/mol. The van der Waals surface area contributed by atoms with Gasteiger partial charge in [0.2, 0.25) is 11.8 Å². The van der Waals surface area contributed by atoms with Crippen LogP contribution in [0, 0.1) is 0 Å². The van der Waals surface area contributed by atoms with Crippen LogP contribution < -0.4 is 4.31 Å². The van der Waals surface area contributed by atoms with Gasteiger partial charge >= 0.3 is 0 Å². The highest BCUT2D eigenvalue weighted by Crippen LogP contribution is 2.41. The highest BCUT2D eigenvalue weighted by atomic mass is 32.2. The number of sulfonamides is 1. The fraction of sp³-hybridized carbons (Fsp3) is 0.227. The molecule has 4 aromatic rings. The Balaban J connectivity index is 1.40. The van der Waals surface area contributed by atoms with Crippen molar-refractivity contribution in [1.82, 2.24) is 15.1 Å². The van der Waals surface area contributed by atoms with Gasteiger partial charge in [-0.05, 0) is 36.1 Å². The summed E-state index contributed by atoms with van der Waals surface area (Å²) in [6.07, 6.45) is 2.19. The number of carbonyl (C=O) groups excluding carboxylic acids is 1. The van der Waals surface area contributed by atoms with Gasteiger partial charge in [-0.25, -0.2) is 8.42 Å². The van der Waals surface area contributed by atoms with Crippen LogP contribution in [0.2, 0.25) is 0 Å². The Kier molecular flexibility index (Phi) is 4.93. The molecule has 9 nitrogen and oxygen atoms in total. The Hall–Kier alpha value is -3.66. The summed E-state index contributed by atoms with van der Waals surface area (Å²) in [5.74, 6) is 0.551. The third-order valence-corrected chi connectivity index (χ3v) is 7.13. The van der Waals surface area contributed by atoms with Crippen molar-refractivity contribution in [2.45, 2.75) is 24.8 Å². The Bertz CT molecular complexity index is 1390. The van der Waals surface area contributed by atoms with Crippen LogP contribution in [0.4, 0.5) is 5.69 Å². The fourth-order valence-corrected chi connectivity index (χ4v) is 5.55. The first-order chi connectivity index (χ1) is 15.5. The van der Waals surface area contributed by atoms with Gasteiger partial charge < -0.3 is 13.7 Å². The number of rotatable bonds is 7. The van der Waals surface area contributed by atoms with E-state index < -0.39 is 10.0 Å². The van der Waals surface area contributed by atoms with Crippen LogP contribution >= 0.6 is 0 Å². The molecule has 1 amide bonds. The Morgan fingerprint density at radius 1 is 1.09 bits per heavy atom. The van der Waals surface area contributed by atoms with Crippen LogP contribution in [-0.4, -0.2) is 42.5 Å². The summed E-state index contributed by atoms with van der Waals surface area (Å²) in [5.41, 5.74) is 0.515. The molecule has 164 valence electrons. The highest BCUT2D eigenvalue weighted by molar-refractivity contribution is 7.93. The molecular weight excluding hydrogens is 432 g/mol. The molecular formula is C22H20N4O5S. The highest BCUT2D eigenvalue weighted by Gasteiger charge is 2.37. The number of carbonyl (C=O) groups is 1. The quantitative estimate of drug-likeness (QED) is 0.422. The van der Waals surface area contributed by atoms with Crippen molar-refractivity contribution < 1.29 is 22.0 Å². The minimum absolute atomic E-state index is 0.0748. The predicted octanol–water partition coefficient (Wildman–Crippen LogP) is 3.43. The van der Waals surface area contributed by atoms with Crippen LogP contribution in [0.1, 0.15) is 19.2 Å². The van der Waals surface area contributed by atoms with Crippen molar-refractivity contribution in [3.63, 3.8) is 0 Å². The van der Waals surface area contributed by atoms with Gasteiger partial charge in [0.1, 0.15) is 6.54 Å². The van der Waals surface area contributed by atoms with Crippen LogP contribution in [0.5, 0.6) is 0 Å². The van der Waals surface area contributed by atoms with E-state index in [1.54, 1.807) is 36.4 Å². The van der Waals surface area contributed by atoms with Crippen molar-refractivity contribution in [2.75, 3.05) is 17.4 Å². The lowest BCUT2D eigenvalue weighted by Gasteiger charge is -2.24. The van der Waals surface area contributed by atoms with Crippen LogP contribution in [-0.2, 0) is 21.4 Å². The van der Waals surface area contributed by atoms with Gasteiger partial charge in [-0.3, -0.25) is 9.10 Å². The molecule has 2 aromatic heterocycles. The molecule has 0 saturated carbocycles. The van der Waals surface area contributed by atoms with Gasteiger partial charge in [0.25, 0.3) is 15.9 Å². The lowest BCUT2D eigenvalue weighted by Crippen LogP contribution is -2.41. The lowest BCUT2D eigenvalue weighted by molar-refractivity contribution is -0.130. The summed E-state index contributed by atoms with van der Waals surface area (Å²) in [7, 11) is -3.82. The molecule has 0 saturated heterocycles. The first kappa shape index (κ1) is 20.3. The average molecular weight is 452 g/mol. The topological polar surface area (TPSA) is 110 Å². The SMILES string of the molecule is CCCN(Cc1nnc(-c2ccco2)o1)C(=O)CN1c2cccc3cccc(c23)S1(=O)=O. The molecule has 0 aliphatic carbocycles. The molecule has 1 aliphatic heterocycles. The first-order valence-corrected chi connectivity index (χ1v) is 11.6. The summed E-state index contributed by atoms with van der Waals surface area (Å²) in [6, 6.07) is 13.9. The van der Waals surface area contributed by atoms with Crippen molar-refractivity contribution in [3.8, 4) is 11.7 Å². The van der Waals surface area contributed by atoms with E-state index >= 15 is 0 Å². The Morgan fingerprint density at radius 2 is 1.91 bits per heavy atom. The number of hydrogen-bond acceptors (Lipinski definition) is 7. The molecule has 1 aliphatic rings. The van der Waals surface area contributed by atoms with E-state index in [9.17, 15) is 13.2 Å². The molecule has 0 fully saturated rings. The summed E-state index contributed by atoms with van der Waals surface area (Å²) in [5, 5.41) is 9.42. The van der Waals surface area contributed by atoms with Gasteiger partial charge in [0.05, 0.1) is 23.4 Å². The third-order valence-electron chi connectivity index (χ3n) is 5.33. The number of furan rings is 1. The number of benzene rings is 2. The minimum Gasteiger partial charge on any atom is -0.459 e. The van der Waals surface area contributed by atoms with Gasteiger partial charge in [-0.15, -0.1) is 10.2 Å². The molecule has 0 atom stereocenters. The van der Waals surface area contributed by atoms with E-state index in [-0.39, 0.29) is 35.7 Å². The van der Waals surface area contributed by atoms with Crippen LogP contribution in [0.3, 0.4) is 0 Å². The van der Waals surface area contributed by atoms with Crippen molar-refractivity contribution in [2.24, 2.45) is 0 Å². The zero-order valence-corrected chi connectivity index (χ0v) is 18.1. The largest absolute Gasteiger partial charge is 0.459 e. The standard InChI is InChI=1S/C22H20N4O5S/c1-2-11-25(13-19-23-24-22(31-19)17-9-5-12-30-17)20(27)14-26-16-8-3-6-15-7-4-10-18(21(15)16)32(26,28)29/h3-10,12H,2,11,13-14H2,1H3. The molecule has 10 heteroatoms. The van der Waals surface area contributed by atoms with Crippen molar-refractivity contribution in [1.29, 1.82) is 0 Å². The average Bonchev–Trinajstić information content (AvgIpc) is 3.51. The van der Waals surface area contributed by atoms with E-state index in [1.165, 1.54) is 15.5 Å². The molecule has 0 N–H and O–H groups in total. The van der Waals surface area contributed by atoms with E-state index in [2.05, 4.69) is 10.2 Å². The van der Waals surface area contributed by atoms with Crippen molar-refractivity contribution in [3.05, 3.63) is 60.7 Å². The molecule has 0 spiro atoms. The van der Waals surface area contributed by atoms with Crippen LogP contribution in [0.15, 0.2) is 68.5 Å². The van der Waals surface area contributed by atoms with Gasteiger partial charge in [-0.2, -0.15) is 0 Å². The smallest absolute Gasteiger partial charge is 0.283 e. The molecule has 0 bridgehead atoms. The summed E-state index contributed by atoms with van der Waals surface area (Å²) >= 11 is 0. The number of amides is 1. The van der Waals surface area contributed by atoms with Gasteiger partial charge in [-0.1, -0.05) is 31.2 Å². The molecule has 5 rings (SSSR count). The lowest BCUT2D eigenvalue weighted by atomic mass is 10.1. The zero-order valence-electron chi connectivity index (χ0n) is 17.3. The summed E-state index contributed by atoms with van der Waals surface area (Å²) in [4.78, 5) is 14.9. The molecule has 0 radical (unpaired) electrons. The minimum atomic E-state index is -3.82. The molecule has 0 unspecified atom stereocenters. The second kappa shape index (κ2) is 7.79. The second-order valence-electron chi connectivity index (χ2n) is 7.44. The maximum Gasteiger partial charge on any atom is 0.283 e. The normalized spacial score (nSPS) is 14.2. The van der Waals surface area contributed by atoms with E-state index in [4.69, 9.17) is 8.83 Å². The monoisotopic (exact) mass is 452 g/mol. The maximum absolute atomic E-state index is 13.2. The Labute approximate surface area is 184 Å². The van der Waals surface area contributed by atoms with E-state index in [0.29, 0.717) is 29.8 Å². The molecule has 2 aromatic carbocycles. The summed E-state index contributed by atoms with van der Waals surface area (Å²) < 4.78 is 38.4. The zero-order chi connectivity index (χ0) is 22.3. The van der Waals surface area contributed by atoms with E-state index in [1.807, 2.05) is 19.1 Å². The molecule has 32 heavy (non-hydrogen) atoms. The van der Waals surface area contributed by atoms with E-state index in [0.717, 1.165) is 5.39 Å². The number of hydrogen-bond donors (Lipinski definition) is 0. The van der Waals surface area contributed by atoms with Gasteiger partial charge in [0.15, 0.2) is 5.76 Å². The first-order valence-electron chi connectivity index (χ1n) is 10.2. The maximum atomic E-state index is 13.2. The fourth-order valence-electron chi connectivity index (χ4n) is 3.89. The summed E-state index contributed by atoms with van der Waals surface area (Å²) in [6.45, 7) is 2.12. The number of nitrogens with zero attached hydrogens (tertiary/aromatic N) is 4.